The minimum Gasteiger partial charge on any atom is -0.278 e. The first-order chi connectivity index (χ1) is 17.0. The van der Waals surface area contributed by atoms with E-state index in [2.05, 4.69) is 98.2 Å². The lowest BCUT2D eigenvalue weighted by atomic mass is 9.82. The summed E-state index contributed by atoms with van der Waals surface area (Å²) < 4.78 is 2.25. The number of aromatic nitrogens is 1. The number of hydrogen-bond donors (Lipinski definition) is 0. The number of hydrogen-bond acceptors (Lipinski definition) is 2. The predicted molar refractivity (Wildman–Crippen MR) is 150 cm³/mol. The van der Waals surface area contributed by atoms with Crippen LogP contribution in [0.5, 0.6) is 0 Å². The second-order valence-electron chi connectivity index (χ2n) is 9.89. The van der Waals surface area contributed by atoms with E-state index in [9.17, 15) is 0 Å². The maximum absolute atomic E-state index is 5.07. The Morgan fingerprint density at radius 2 is 1.63 bits per heavy atom. The predicted octanol–water partition coefficient (Wildman–Crippen LogP) is 8.19. The van der Waals surface area contributed by atoms with Crippen LogP contribution in [0.4, 0.5) is 0 Å². The summed E-state index contributed by atoms with van der Waals surface area (Å²) in [4.78, 5) is 10.0. The molecular formula is C32H29N3. The number of rotatable bonds is 2. The molecule has 0 spiro atoms. The van der Waals surface area contributed by atoms with Gasteiger partial charge in [-0.3, -0.25) is 4.57 Å². The lowest BCUT2D eigenvalue weighted by molar-refractivity contribution is 0.661. The van der Waals surface area contributed by atoms with E-state index >= 15 is 0 Å². The third-order valence-corrected chi connectivity index (χ3v) is 7.29. The highest BCUT2D eigenvalue weighted by Crippen LogP contribution is 2.50. The molecule has 0 saturated carbocycles. The standard InChI is InChI=1S/C32H29N3/c1-5-6-7-12-22-18-17-21(2)33-31(34-22)35-29-16-11-9-14-24(29)26-19-25-23-13-8-10-15-27(23)32(3,4)28(25)20-30(26)35/h5-17,19-20H,18H2,1-4H3/b6-5-,12-7+. The van der Waals surface area contributed by atoms with Gasteiger partial charge in [0.1, 0.15) is 0 Å². The quantitative estimate of drug-likeness (QED) is 0.273. The van der Waals surface area contributed by atoms with Crippen molar-refractivity contribution in [1.82, 2.24) is 4.57 Å². The van der Waals surface area contributed by atoms with E-state index in [0.717, 1.165) is 34.8 Å². The maximum Gasteiger partial charge on any atom is 0.235 e. The summed E-state index contributed by atoms with van der Waals surface area (Å²) in [6, 6.07) is 22.2. The number of para-hydroxylation sites is 1. The molecule has 6 rings (SSSR count). The minimum absolute atomic E-state index is 0.0634. The van der Waals surface area contributed by atoms with Crippen LogP contribution in [0.1, 0.15) is 45.2 Å². The fourth-order valence-electron chi connectivity index (χ4n) is 5.52. The van der Waals surface area contributed by atoms with Crippen molar-refractivity contribution in [1.29, 1.82) is 0 Å². The molecule has 0 amide bonds. The van der Waals surface area contributed by atoms with Crippen molar-refractivity contribution in [2.75, 3.05) is 0 Å². The van der Waals surface area contributed by atoms with Gasteiger partial charge in [0.25, 0.3) is 0 Å². The molecule has 0 bridgehead atoms. The average Bonchev–Trinajstić information content (AvgIpc) is 3.21. The van der Waals surface area contributed by atoms with Crippen molar-refractivity contribution >= 4 is 33.5 Å². The summed E-state index contributed by atoms with van der Waals surface area (Å²) in [7, 11) is 0. The molecule has 172 valence electrons. The Kier molecular flexibility index (Phi) is 4.96. The van der Waals surface area contributed by atoms with Crippen molar-refractivity contribution in [3.05, 3.63) is 108 Å². The molecule has 0 fully saturated rings. The van der Waals surface area contributed by atoms with E-state index in [1.807, 2.05) is 25.2 Å². The number of aliphatic imine (C=N–C) groups is 2. The number of nitrogens with zero attached hydrogens (tertiary/aromatic N) is 3. The summed E-state index contributed by atoms with van der Waals surface area (Å²) in [5.74, 6) is 0.718. The van der Waals surface area contributed by atoms with Crippen LogP contribution in [0, 0.1) is 0 Å². The molecule has 1 aliphatic carbocycles. The monoisotopic (exact) mass is 455 g/mol. The summed E-state index contributed by atoms with van der Waals surface area (Å²) >= 11 is 0. The second kappa shape index (κ2) is 8.06. The van der Waals surface area contributed by atoms with Gasteiger partial charge in [-0.05, 0) is 60.4 Å². The third-order valence-electron chi connectivity index (χ3n) is 7.29. The highest BCUT2D eigenvalue weighted by Gasteiger charge is 2.36. The minimum atomic E-state index is -0.0634. The van der Waals surface area contributed by atoms with Crippen LogP contribution in [0.3, 0.4) is 0 Å². The summed E-state index contributed by atoms with van der Waals surface area (Å²) in [5, 5.41) is 2.46. The smallest absolute Gasteiger partial charge is 0.235 e. The molecule has 4 aromatic rings. The summed E-state index contributed by atoms with van der Waals surface area (Å²) in [6.07, 6.45) is 11.1. The zero-order chi connectivity index (χ0) is 24.2. The molecule has 2 aliphatic rings. The van der Waals surface area contributed by atoms with E-state index in [4.69, 9.17) is 9.98 Å². The first-order valence-corrected chi connectivity index (χ1v) is 12.3. The molecule has 0 unspecified atom stereocenters. The Bertz CT molecular complexity index is 1650. The normalized spacial score (nSPS) is 17.0. The van der Waals surface area contributed by atoms with Gasteiger partial charge in [-0.2, -0.15) is 0 Å². The lowest BCUT2D eigenvalue weighted by Gasteiger charge is -2.21. The van der Waals surface area contributed by atoms with E-state index in [1.54, 1.807) is 0 Å². The fraction of sp³-hybridized carbons (Fsp3) is 0.188. The SMILES string of the molecule is C/C=C\C=C\C1=NC(n2c3ccccc3c3cc4c(cc32)C(C)(C)c2ccccc2-4)=NC(C)=CC1. The van der Waals surface area contributed by atoms with Crippen molar-refractivity contribution in [3.63, 3.8) is 0 Å². The molecule has 1 aromatic heterocycles. The van der Waals surface area contributed by atoms with Crippen LogP contribution in [-0.4, -0.2) is 16.2 Å². The van der Waals surface area contributed by atoms with Gasteiger partial charge in [-0.25, -0.2) is 9.98 Å². The van der Waals surface area contributed by atoms with E-state index in [-0.39, 0.29) is 5.41 Å². The number of allylic oxidation sites excluding steroid dienone is 6. The van der Waals surface area contributed by atoms with Gasteiger partial charge in [-0.1, -0.05) is 80.6 Å². The van der Waals surface area contributed by atoms with Gasteiger partial charge in [-0.15, -0.1) is 0 Å². The summed E-state index contributed by atoms with van der Waals surface area (Å²) in [6.45, 7) is 8.73. The van der Waals surface area contributed by atoms with Crippen LogP contribution < -0.4 is 0 Å². The molecule has 0 N–H and O–H groups in total. The van der Waals surface area contributed by atoms with Crippen LogP contribution in [0.2, 0.25) is 0 Å². The van der Waals surface area contributed by atoms with Crippen molar-refractivity contribution < 1.29 is 0 Å². The van der Waals surface area contributed by atoms with Crippen LogP contribution in [0.25, 0.3) is 32.9 Å². The van der Waals surface area contributed by atoms with Gasteiger partial charge in [0, 0.05) is 34.0 Å². The van der Waals surface area contributed by atoms with Crippen molar-refractivity contribution in [2.24, 2.45) is 9.98 Å². The molecule has 0 atom stereocenters. The third kappa shape index (κ3) is 3.34. The molecule has 3 aromatic carbocycles. The van der Waals surface area contributed by atoms with Crippen molar-refractivity contribution in [3.8, 4) is 11.1 Å². The van der Waals surface area contributed by atoms with Gasteiger partial charge in [0.2, 0.25) is 5.96 Å². The first kappa shape index (κ1) is 21.5. The molecule has 0 saturated heterocycles. The van der Waals surface area contributed by atoms with Gasteiger partial charge >= 0.3 is 0 Å². The largest absolute Gasteiger partial charge is 0.278 e. The molecule has 0 radical (unpaired) electrons. The fourth-order valence-corrected chi connectivity index (χ4v) is 5.52. The Hall–Kier alpha value is -3.98. The highest BCUT2D eigenvalue weighted by molar-refractivity contribution is 6.17. The number of benzene rings is 3. The van der Waals surface area contributed by atoms with Crippen LogP contribution >= 0.6 is 0 Å². The molecule has 3 heteroatoms. The molecule has 3 nitrogen and oxygen atoms in total. The summed E-state index contributed by atoms with van der Waals surface area (Å²) in [5.41, 5.74) is 9.62. The van der Waals surface area contributed by atoms with Crippen LogP contribution in [-0.2, 0) is 5.41 Å². The van der Waals surface area contributed by atoms with Gasteiger partial charge in [0.15, 0.2) is 0 Å². The lowest BCUT2D eigenvalue weighted by Crippen LogP contribution is -2.15. The zero-order valence-electron chi connectivity index (χ0n) is 20.7. The maximum atomic E-state index is 5.07. The topological polar surface area (TPSA) is 29.6 Å². The Labute approximate surface area is 206 Å². The van der Waals surface area contributed by atoms with E-state index in [0.29, 0.717) is 0 Å². The Balaban J connectivity index is 1.66. The average molecular weight is 456 g/mol. The van der Waals surface area contributed by atoms with Gasteiger partial charge in [0.05, 0.1) is 11.0 Å². The second-order valence-corrected chi connectivity index (χ2v) is 9.89. The Morgan fingerprint density at radius 1 is 0.829 bits per heavy atom. The first-order valence-electron chi connectivity index (χ1n) is 12.3. The molecule has 35 heavy (non-hydrogen) atoms. The Morgan fingerprint density at radius 3 is 2.49 bits per heavy atom. The van der Waals surface area contributed by atoms with Gasteiger partial charge < -0.3 is 0 Å². The van der Waals surface area contributed by atoms with E-state index < -0.39 is 0 Å². The highest BCUT2D eigenvalue weighted by atomic mass is 15.2. The zero-order valence-corrected chi connectivity index (χ0v) is 20.7. The number of fused-ring (bicyclic) bond motifs is 6. The van der Waals surface area contributed by atoms with Crippen molar-refractivity contribution in [2.45, 2.75) is 39.5 Å². The molecular weight excluding hydrogens is 426 g/mol. The van der Waals surface area contributed by atoms with E-state index in [1.165, 1.54) is 33.0 Å². The van der Waals surface area contributed by atoms with Crippen LogP contribution in [0.15, 0.2) is 107 Å². The molecule has 2 heterocycles. The molecule has 1 aliphatic heterocycles.